The zero-order valence-corrected chi connectivity index (χ0v) is 13.7. The maximum Gasteiger partial charge on any atom is 0.336 e. The second kappa shape index (κ2) is 6.04. The summed E-state index contributed by atoms with van der Waals surface area (Å²) in [5.41, 5.74) is 0.424. The number of aromatic carboxylic acids is 1. The van der Waals surface area contributed by atoms with E-state index >= 15 is 0 Å². The third-order valence-electron chi connectivity index (χ3n) is 3.63. The minimum absolute atomic E-state index is 0.0520. The molecule has 1 fully saturated rings. The van der Waals surface area contributed by atoms with E-state index < -0.39 is 16.0 Å². The first-order chi connectivity index (χ1) is 9.70. The van der Waals surface area contributed by atoms with E-state index in [1.54, 1.807) is 6.92 Å². The van der Waals surface area contributed by atoms with Crippen LogP contribution in [0.15, 0.2) is 21.5 Å². The predicted molar refractivity (Wildman–Crippen MR) is 79.8 cm³/mol. The van der Waals surface area contributed by atoms with Gasteiger partial charge in [0.1, 0.15) is 0 Å². The summed E-state index contributed by atoms with van der Waals surface area (Å²) in [4.78, 5) is 11.1. The van der Waals surface area contributed by atoms with Crippen molar-refractivity contribution in [3.05, 3.63) is 27.7 Å². The van der Waals surface area contributed by atoms with Gasteiger partial charge in [-0.1, -0.05) is 15.9 Å². The SMILES string of the molecule is Cc1c(Br)cc(S(=O)(=O)NCC2CC(O)C2)cc1C(=O)O. The summed E-state index contributed by atoms with van der Waals surface area (Å²) in [5, 5.41) is 18.3. The topological polar surface area (TPSA) is 104 Å². The molecule has 0 amide bonds. The average Bonchev–Trinajstić information content (AvgIpc) is 2.35. The number of carboxylic acids is 1. The molecule has 0 heterocycles. The smallest absolute Gasteiger partial charge is 0.336 e. The van der Waals surface area contributed by atoms with E-state index in [9.17, 15) is 18.3 Å². The van der Waals surface area contributed by atoms with E-state index in [0.29, 0.717) is 22.9 Å². The predicted octanol–water partition coefficient (Wildman–Crippen LogP) is 1.50. The highest BCUT2D eigenvalue weighted by Gasteiger charge is 2.29. The lowest BCUT2D eigenvalue weighted by Crippen LogP contribution is -2.38. The first kappa shape index (κ1) is 16.4. The van der Waals surface area contributed by atoms with Crippen molar-refractivity contribution in [3.63, 3.8) is 0 Å². The normalized spacial score (nSPS) is 21.9. The number of hydrogen-bond donors (Lipinski definition) is 3. The van der Waals surface area contributed by atoms with Crippen LogP contribution >= 0.6 is 15.9 Å². The number of carbonyl (C=O) groups is 1. The summed E-state index contributed by atoms with van der Waals surface area (Å²) in [7, 11) is -3.77. The summed E-state index contributed by atoms with van der Waals surface area (Å²) in [6.45, 7) is 1.85. The van der Waals surface area contributed by atoms with Crippen LogP contribution < -0.4 is 4.72 Å². The molecular weight excluding hydrogens is 362 g/mol. The van der Waals surface area contributed by atoms with Gasteiger partial charge in [-0.3, -0.25) is 0 Å². The third-order valence-corrected chi connectivity index (χ3v) is 5.86. The van der Waals surface area contributed by atoms with Crippen LogP contribution in [-0.2, 0) is 10.0 Å². The highest BCUT2D eigenvalue weighted by Crippen LogP contribution is 2.28. The molecule has 0 saturated heterocycles. The fourth-order valence-electron chi connectivity index (χ4n) is 2.21. The van der Waals surface area contributed by atoms with E-state index in [4.69, 9.17) is 5.11 Å². The monoisotopic (exact) mass is 377 g/mol. The van der Waals surface area contributed by atoms with Crippen LogP contribution in [0.3, 0.4) is 0 Å². The molecule has 0 spiro atoms. The Morgan fingerprint density at radius 2 is 2.05 bits per heavy atom. The van der Waals surface area contributed by atoms with E-state index in [1.165, 1.54) is 6.07 Å². The van der Waals surface area contributed by atoms with Crippen LogP contribution in [0.5, 0.6) is 0 Å². The Morgan fingerprint density at radius 1 is 1.43 bits per heavy atom. The van der Waals surface area contributed by atoms with Gasteiger partial charge in [0.25, 0.3) is 0 Å². The molecule has 1 saturated carbocycles. The number of hydrogen-bond acceptors (Lipinski definition) is 4. The second-order valence-corrected chi connectivity index (χ2v) is 7.85. The fraction of sp³-hybridized carbons (Fsp3) is 0.462. The van der Waals surface area contributed by atoms with Crippen molar-refractivity contribution in [3.8, 4) is 0 Å². The molecule has 1 aromatic rings. The molecule has 21 heavy (non-hydrogen) atoms. The van der Waals surface area contributed by atoms with Crippen LogP contribution in [-0.4, -0.2) is 37.2 Å². The molecule has 0 radical (unpaired) electrons. The van der Waals surface area contributed by atoms with E-state index in [0.717, 1.165) is 6.07 Å². The molecule has 6 nitrogen and oxygen atoms in total. The highest BCUT2D eigenvalue weighted by atomic mass is 79.9. The number of nitrogens with one attached hydrogen (secondary N) is 1. The molecule has 116 valence electrons. The Bertz CT molecular complexity index is 667. The lowest BCUT2D eigenvalue weighted by Gasteiger charge is -2.31. The molecule has 3 N–H and O–H groups in total. The Labute approximate surface area is 131 Å². The standard InChI is InChI=1S/C13H16BrNO5S/c1-7-11(13(17)18)4-10(5-12(7)14)21(19,20)15-6-8-2-9(16)3-8/h4-5,8-9,15-16H,2-3,6H2,1H3,(H,17,18). The van der Waals surface area contributed by atoms with E-state index in [2.05, 4.69) is 20.7 Å². The Balaban J connectivity index is 2.21. The van der Waals surface area contributed by atoms with Gasteiger partial charge in [0.05, 0.1) is 16.6 Å². The summed E-state index contributed by atoms with van der Waals surface area (Å²) >= 11 is 3.18. The Kier molecular flexibility index (Phi) is 4.72. The van der Waals surface area contributed by atoms with Gasteiger partial charge in [-0.2, -0.15) is 0 Å². The quantitative estimate of drug-likeness (QED) is 0.721. The minimum atomic E-state index is -3.77. The third kappa shape index (κ3) is 3.63. The van der Waals surface area contributed by atoms with Crippen molar-refractivity contribution in [2.75, 3.05) is 6.54 Å². The van der Waals surface area contributed by atoms with Gasteiger partial charge in [-0.25, -0.2) is 17.9 Å². The number of benzene rings is 1. The molecule has 0 aromatic heterocycles. The van der Waals surface area contributed by atoms with Gasteiger partial charge in [-0.05, 0) is 43.4 Å². The van der Waals surface area contributed by atoms with Gasteiger partial charge < -0.3 is 10.2 Å². The molecule has 8 heteroatoms. The second-order valence-electron chi connectivity index (χ2n) is 5.23. The first-order valence-electron chi connectivity index (χ1n) is 6.42. The maximum absolute atomic E-state index is 12.2. The van der Waals surface area contributed by atoms with Crippen LogP contribution in [0.2, 0.25) is 0 Å². The zero-order chi connectivity index (χ0) is 15.8. The van der Waals surface area contributed by atoms with Crippen LogP contribution in [0, 0.1) is 12.8 Å². The van der Waals surface area contributed by atoms with Gasteiger partial charge in [0.2, 0.25) is 10.0 Å². The molecular formula is C13H16BrNO5S. The van der Waals surface area contributed by atoms with Crippen molar-refractivity contribution in [1.29, 1.82) is 0 Å². The molecule has 0 bridgehead atoms. The molecule has 2 rings (SSSR count). The first-order valence-corrected chi connectivity index (χ1v) is 8.69. The van der Waals surface area contributed by atoms with Gasteiger partial charge in [0, 0.05) is 11.0 Å². The lowest BCUT2D eigenvalue weighted by molar-refractivity contribution is 0.0453. The molecule has 0 aliphatic heterocycles. The number of aliphatic hydroxyl groups excluding tert-OH is 1. The molecule has 1 aliphatic carbocycles. The zero-order valence-electron chi connectivity index (χ0n) is 11.3. The molecule has 1 aromatic carbocycles. The van der Waals surface area contributed by atoms with Crippen molar-refractivity contribution >= 4 is 31.9 Å². The number of halogens is 1. The van der Waals surface area contributed by atoms with Crippen LogP contribution in [0.25, 0.3) is 0 Å². The summed E-state index contributed by atoms with van der Waals surface area (Å²) < 4.78 is 27.3. The highest BCUT2D eigenvalue weighted by molar-refractivity contribution is 9.10. The Morgan fingerprint density at radius 3 is 2.57 bits per heavy atom. The average molecular weight is 378 g/mol. The van der Waals surface area contributed by atoms with Gasteiger partial charge >= 0.3 is 5.97 Å². The van der Waals surface area contributed by atoms with Gasteiger partial charge in [0.15, 0.2) is 0 Å². The Hall–Kier alpha value is -0.960. The van der Waals surface area contributed by atoms with Crippen molar-refractivity contribution in [2.45, 2.75) is 30.8 Å². The number of sulfonamides is 1. The van der Waals surface area contributed by atoms with Crippen LogP contribution in [0.4, 0.5) is 0 Å². The summed E-state index contributed by atoms with van der Waals surface area (Å²) in [5.74, 6) is -1.05. The van der Waals surface area contributed by atoms with E-state index in [1.807, 2.05) is 0 Å². The maximum atomic E-state index is 12.2. The minimum Gasteiger partial charge on any atom is -0.478 e. The molecule has 0 atom stereocenters. The van der Waals surface area contributed by atoms with Crippen LogP contribution in [0.1, 0.15) is 28.8 Å². The lowest BCUT2D eigenvalue weighted by atomic mass is 9.83. The largest absolute Gasteiger partial charge is 0.478 e. The molecule has 0 unspecified atom stereocenters. The summed E-state index contributed by atoms with van der Waals surface area (Å²) in [6, 6.07) is 2.54. The van der Waals surface area contributed by atoms with Crippen molar-refractivity contribution < 1.29 is 23.4 Å². The molecule has 1 aliphatic rings. The van der Waals surface area contributed by atoms with Crippen molar-refractivity contribution in [2.24, 2.45) is 5.92 Å². The number of rotatable bonds is 5. The van der Waals surface area contributed by atoms with Gasteiger partial charge in [-0.15, -0.1) is 0 Å². The van der Waals surface area contributed by atoms with Crippen molar-refractivity contribution in [1.82, 2.24) is 4.72 Å². The number of carboxylic acid groups (broad SMARTS) is 1. The van der Waals surface area contributed by atoms with E-state index in [-0.39, 0.29) is 29.0 Å². The fourth-order valence-corrected chi connectivity index (χ4v) is 3.99. The number of aliphatic hydroxyl groups is 1. The summed E-state index contributed by atoms with van der Waals surface area (Å²) in [6.07, 6.45) is 0.827.